The molecule has 0 spiro atoms. The van der Waals surface area contributed by atoms with Gasteiger partial charge in [0.15, 0.2) is 0 Å². The van der Waals surface area contributed by atoms with Gasteiger partial charge in [-0.2, -0.15) is 5.26 Å². The summed E-state index contributed by atoms with van der Waals surface area (Å²) in [7, 11) is 1.16. The SMILES string of the molecule is C#Cc1ccccc1C(C(=O)NCC(=O)OC)N(CC#N)C(=O)CNC(=O)OC(C)(C)C. The molecule has 1 rings (SSSR count). The molecule has 1 unspecified atom stereocenters. The van der Waals surface area contributed by atoms with Crippen molar-refractivity contribution < 1.29 is 28.7 Å². The summed E-state index contributed by atoms with van der Waals surface area (Å²) in [6.45, 7) is 3.52. The number of carbonyl (C=O) groups excluding carboxylic acids is 4. The first-order valence-electron chi connectivity index (χ1n) is 9.57. The normalized spacial score (nSPS) is 11.2. The fourth-order valence-corrected chi connectivity index (χ4v) is 2.61. The molecule has 1 atom stereocenters. The van der Waals surface area contributed by atoms with Crippen molar-refractivity contribution >= 4 is 23.9 Å². The number of ether oxygens (including phenoxy) is 2. The number of alkyl carbamates (subject to hydrolysis) is 1. The predicted molar refractivity (Wildman–Crippen MR) is 114 cm³/mol. The monoisotopic (exact) mass is 442 g/mol. The molecule has 10 nitrogen and oxygen atoms in total. The van der Waals surface area contributed by atoms with Crippen LogP contribution in [0.15, 0.2) is 24.3 Å². The van der Waals surface area contributed by atoms with E-state index in [4.69, 9.17) is 11.2 Å². The van der Waals surface area contributed by atoms with Crippen LogP contribution in [0.25, 0.3) is 0 Å². The van der Waals surface area contributed by atoms with Gasteiger partial charge in [0, 0.05) is 5.56 Å². The van der Waals surface area contributed by atoms with E-state index in [0.29, 0.717) is 5.56 Å². The van der Waals surface area contributed by atoms with Crippen LogP contribution >= 0.6 is 0 Å². The van der Waals surface area contributed by atoms with Crippen molar-refractivity contribution in [2.75, 3.05) is 26.7 Å². The topological polar surface area (TPSA) is 138 Å². The van der Waals surface area contributed by atoms with E-state index in [9.17, 15) is 24.4 Å². The van der Waals surface area contributed by atoms with Gasteiger partial charge in [0.1, 0.15) is 31.3 Å². The van der Waals surface area contributed by atoms with Gasteiger partial charge in [-0.1, -0.05) is 24.1 Å². The van der Waals surface area contributed by atoms with Crippen LogP contribution < -0.4 is 10.6 Å². The predicted octanol–water partition coefficient (Wildman–Crippen LogP) is 0.875. The van der Waals surface area contributed by atoms with Gasteiger partial charge in [0.05, 0.1) is 13.2 Å². The minimum Gasteiger partial charge on any atom is -0.468 e. The van der Waals surface area contributed by atoms with Gasteiger partial charge in [0.2, 0.25) is 11.8 Å². The van der Waals surface area contributed by atoms with Crippen LogP contribution in [-0.4, -0.2) is 61.1 Å². The van der Waals surface area contributed by atoms with Crippen LogP contribution in [-0.2, 0) is 23.9 Å². The maximum absolute atomic E-state index is 13.0. The highest BCUT2D eigenvalue weighted by molar-refractivity contribution is 5.92. The summed E-state index contributed by atoms with van der Waals surface area (Å²) in [6, 6.07) is 6.88. The molecule has 2 N–H and O–H groups in total. The first kappa shape index (κ1) is 26.0. The summed E-state index contributed by atoms with van der Waals surface area (Å²) < 4.78 is 9.60. The number of benzene rings is 1. The lowest BCUT2D eigenvalue weighted by molar-refractivity contribution is -0.143. The molecule has 0 aliphatic heterocycles. The molecule has 10 heteroatoms. The van der Waals surface area contributed by atoms with E-state index in [1.54, 1.807) is 39.0 Å². The molecule has 1 aromatic rings. The van der Waals surface area contributed by atoms with Crippen LogP contribution in [0.5, 0.6) is 0 Å². The second-order valence-corrected chi connectivity index (χ2v) is 7.46. The van der Waals surface area contributed by atoms with E-state index in [1.165, 1.54) is 6.07 Å². The summed E-state index contributed by atoms with van der Waals surface area (Å²) in [5.41, 5.74) is -0.179. The molecule has 0 bridgehead atoms. The summed E-state index contributed by atoms with van der Waals surface area (Å²) in [6.07, 6.45) is 4.71. The van der Waals surface area contributed by atoms with Gasteiger partial charge in [-0.15, -0.1) is 6.42 Å². The number of hydrogen-bond acceptors (Lipinski definition) is 7. The molecule has 0 saturated heterocycles. The Morgan fingerprint density at radius 1 is 1.16 bits per heavy atom. The van der Waals surface area contributed by atoms with E-state index in [2.05, 4.69) is 21.3 Å². The third kappa shape index (κ3) is 8.00. The van der Waals surface area contributed by atoms with Crippen molar-refractivity contribution in [2.24, 2.45) is 0 Å². The Hall–Kier alpha value is -4.05. The highest BCUT2D eigenvalue weighted by Gasteiger charge is 2.33. The molecule has 0 heterocycles. The maximum Gasteiger partial charge on any atom is 0.408 e. The lowest BCUT2D eigenvalue weighted by Crippen LogP contribution is -2.48. The van der Waals surface area contributed by atoms with Gasteiger partial charge in [-0.3, -0.25) is 14.4 Å². The van der Waals surface area contributed by atoms with Crippen molar-refractivity contribution in [3.8, 4) is 18.4 Å². The molecule has 0 radical (unpaired) electrons. The second kappa shape index (κ2) is 12.0. The fraction of sp³-hybridized carbons (Fsp3) is 0.409. The average molecular weight is 442 g/mol. The lowest BCUT2D eigenvalue weighted by Gasteiger charge is -2.30. The fourth-order valence-electron chi connectivity index (χ4n) is 2.61. The molecule has 32 heavy (non-hydrogen) atoms. The summed E-state index contributed by atoms with van der Waals surface area (Å²) in [5, 5.41) is 14.0. The Labute approximate surface area is 186 Å². The first-order valence-corrected chi connectivity index (χ1v) is 9.57. The van der Waals surface area contributed by atoms with E-state index < -0.39 is 55.2 Å². The number of nitriles is 1. The number of amides is 3. The van der Waals surface area contributed by atoms with Crippen LogP contribution in [0.4, 0.5) is 4.79 Å². The molecule has 3 amide bonds. The highest BCUT2D eigenvalue weighted by atomic mass is 16.6. The third-order valence-corrected chi connectivity index (χ3v) is 3.95. The smallest absolute Gasteiger partial charge is 0.408 e. The zero-order valence-electron chi connectivity index (χ0n) is 18.4. The van der Waals surface area contributed by atoms with Crippen molar-refractivity contribution in [1.29, 1.82) is 5.26 Å². The second-order valence-electron chi connectivity index (χ2n) is 7.46. The number of carbonyl (C=O) groups is 4. The van der Waals surface area contributed by atoms with Gasteiger partial charge in [-0.25, -0.2) is 4.79 Å². The number of nitrogens with zero attached hydrogens (tertiary/aromatic N) is 2. The van der Waals surface area contributed by atoms with Gasteiger partial charge >= 0.3 is 12.1 Å². The molecule has 0 aliphatic carbocycles. The van der Waals surface area contributed by atoms with E-state index >= 15 is 0 Å². The Bertz CT molecular complexity index is 939. The van der Waals surface area contributed by atoms with E-state index in [-0.39, 0.29) is 5.56 Å². The first-order chi connectivity index (χ1) is 15.0. The molecule has 170 valence electrons. The standard InChI is InChI=1S/C22H26N4O6/c1-6-15-9-7-8-10-16(15)19(20(29)24-14-18(28)31-5)26(12-11-23)17(27)13-25-21(30)32-22(2,3)4/h1,7-10,19H,12-14H2,2-5H3,(H,24,29)(H,25,30). The summed E-state index contributed by atoms with van der Waals surface area (Å²) in [4.78, 5) is 50.2. The molecule has 0 saturated carbocycles. The van der Waals surface area contributed by atoms with Crippen molar-refractivity contribution in [2.45, 2.75) is 32.4 Å². The zero-order valence-corrected chi connectivity index (χ0v) is 18.4. The number of hydrogen-bond donors (Lipinski definition) is 2. The number of rotatable bonds is 8. The van der Waals surface area contributed by atoms with Gasteiger partial charge < -0.3 is 25.0 Å². The van der Waals surface area contributed by atoms with Crippen LogP contribution in [0, 0.1) is 23.7 Å². The third-order valence-electron chi connectivity index (χ3n) is 3.95. The molecule has 0 fully saturated rings. The van der Waals surface area contributed by atoms with Crippen molar-refractivity contribution in [3.05, 3.63) is 35.4 Å². The Morgan fingerprint density at radius 2 is 1.81 bits per heavy atom. The lowest BCUT2D eigenvalue weighted by atomic mass is 9.98. The summed E-state index contributed by atoms with van der Waals surface area (Å²) in [5.74, 6) is 0.250. The molecule has 1 aromatic carbocycles. The minimum absolute atomic E-state index is 0.276. The number of terminal acetylenes is 1. The molecule has 0 aliphatic rings. The summed E-state index contributed by atoms with van der Waals surface area (Å²) >= 11 is 0. The Kier molecular flexibility index (Phi) is 9.71. The molecule has 0 aromatic heterocycles. The number of nitrogens with one attached hydrogen (secondary N) is 2. The van der Waals surface area contributed by atoms with Crippen molar-refractivity contribution in [1.82, 2.24) is 15.5 Å². The van der Waals surface area contributed by atoms with Crippen molar-refractivity contribution in [3.63, 3.8) is 0 Å². The van der Waals surface area contributed by atoms with Gasteiger partial charge in [-0.05, 0) is 32.4 Å². The number of methoxy groups -OCH3 is 1. The Morgan fingerprint density at radius 3 is 2.38 bits per heavy atom. The average Bonchev–Trinajstić information content (AvgIpc) is 2.74. The quantitative estimate of drug-likeness (QED) is 0.346. The largest absolute Gasteiger partial charge is 0.468 e. The van der Waals surface area contributed by atoms with E-state index in [0.717, 1.165) is 12.0 Å². The molecular formula is C22H26N4O6. The highest BCUT2D eigenvalue weighted by Crippen LogP contribution is 2.24. The van der Waals surface area contributed by atoms with Gasteiger partial charge in [0.25, 0.3) is 0 Å². The van der Waals surface area contributed by atoms with Crippen LogP contribution in [0.2, 0.25) is 0 Å². The van der Waals surface area contributed by atoms with Crippen LogP contribution in [0.1, 0.15) is 37.9 Å². The molecular weight excluding hydrogens is 416 g/mol. The van der Waals surface area contributed by atoms with Crippen LogP contribution in [0.3, 0.4) is 0 Å². The Balaban J connectivity index is 3.23. The van der Waals surface area contributed by atoms with E-state index in [1.807, 2.05) is 6.07 Å². The number of esters is 1. The zero-order chi connectivity index (χ0) is 24.3. The minimum atomic E-state index is -1.33. The maximum atomic E-state index is 13.0.